The summed E-state index contributed by atoms with van der Waals surface area (Å²) in [5.74, 6) is 0.906. The molecule has 1 heteroatoms. The van der Waals surface area contributed by atoms with Crippen molar-refractivity contribution >= 4 is 5.69 Å². The Kier molecular flexibility index (Phi) is 1.41. The molecule has 0 aromatic heterocycles. The van der Waals surface area contributed by atoms with Crippen molar-refractivity contribution in [2.45, 2.75) is 38.5 Å². The Morgan fingerprint density at radius 1 is 1.20 bits per heavy atom. The van der Waals surface area contributed by atoms with Gasteiger partial charge in [-0.2, -0.15) is 0 Å². The predicted molar refractivity (Wildman–Crippen MR) is 62.8 cm³/mol. The Labute approximate surface area is 91.1 Å². The van der Waals surface area contributed by atoms with Gasteiger partial charge in [-0.15, -0.1) is 0 Å². The lowest BCUT2D eigenvalue weighted by Gasteiger charge is -2.31. The smallest absolute Gasteiger partial charge is 0.0440 e. The normalized spacial score (nSPS) is 25.9. The summed E-state index contributed by atoms with van der Waals surface area (Å²) in [5, 5.41) is 0. The molecule has 78 valence electrons. The third-order valence-corrected chi connectivity index (χ3v) is 4.62. The topological polar surface area (TPSA) is 3.24 Å². The van der Waals surface area contributed by atoms with Gasteiger partial charge in [0.1, 0.15) is 0 Å². The van der Waals surface area contributed by atoms with Crippen LogP contribution in [0.1, 0.15) is 41.0 Å². The van der Waals surface area contributed by atoms with E-state index in [9.17, 15) is 0 Å². The van der Waals surface area contributed by atoms with E-state index in [1.807, 2.05) is 0 Å². The van der Waals surface area contributed by atoms with Gasteiger partial charge in [-0.1, -0.05) is 6.07 Å². The van der Waals surface area contributed by atoms with Gasteiger partial charge >= 0.3 is 0 Å². The summed E-state index contributed by atoms with van der Waals surface area (Å²) >= 11 is 0. The summed E-state index contributed by atoms with van der Waals surface area (Å²) in [7, 11) is 0. The molecular formula is C14H17N. The molecule has 0 radical (unpaired) electrons. The van der Waals surface area contributed by atoms with E-state index in [-0.39, 0.29) is 0 Å². The van der Waals surface area contributed by atoms with Crippen LogP contribution in [0, 0.1) is 6.92 Å². The lowest BCUT2D eigenvalue weighted by atomic mass is 9.89. The molecule has 0 N–H and O–H groups in total. The van der Waals surface area contributed by atoms with Crippen molar-refractivity contribution < 1.29 is 0 Å². The van der Waals surface area contributed by atoms with Gasteiger partial charge in [0.15, 0.2) is 0 Å². The molecule has 0 amide bonds. The van der Waals surface area contributed by atoms with E-state index in [0.29, 0.717) is 0 Å². The summed E-state index contributed by atoms with van der Waals surface area (Å²) in [4.78, 5) is 2.64. The Hall–Kier alpha value is -0.980. The lowest BCUT2D eigenvalue weighted by Crippen LogP contribution is -2.28. The second kappa shape index (κ2) is 2.58. The molecule has 0 saturated carbocycles. The third-order valence-electron chi connectivity index (χ3n) is 4.62. The molecule has 4 rings (SSSR count). The van der Waals surface area contributed by atoms with Crippen molar-refractivity contribution in [2.75, 3.05) is 18.0 Å². The first-order chi connectivity index (χ1) is 7.34. The summed E-state index contributed by atoms with van der Waals surface area (Å²) in [6, 6.07) is 2.48. The van der Waals surface area contributed by atoms with E-state index >= 15 is 0 Å². The molecule has 0 spiro atoms. The van der Waals surface area contributed by atoms with E-state index < -0.39 is 0 Å². The zero-order chi connectivity index (χ0) is 9.99. The van der Waals surface area contributed by atoms with Gasteiger partial charge in [-0.05, 0) is 60.8 Å². The van der Waals surface area contributed by atoms with Crippen molar-refractivity contribution in [1.82, 2.24) is 0 Å². The fraction of sp³-hybridized carbons (Fsp3) is 0.571. The number of rotatable bonds is 0. The van der Waals surface area contributed by atoms with Gasteiger partial charge in [0.05, 0.1) is 0 Å². The molecule has 15 heavy (non-hydrogen) atoms. The van der Waals surface area contributed by atoms with Crippen LogP contribution in [-0.2, 0) is 12.8 Å². The fourth-order valence-electron chi connectivity index (χ4n) is 3.92. The highest BCUT2D eigenvalue weighted by Crippen LogP contribution is 2.49. The van der Waals surface area contributed by atoms with Crippen LogP contribution >= 0.6 is 0 Å². The van der Waals surface area contributed by atoms with Crippen molar-refractivity contribution in [1.29, 1.82) is 0 Å². The molecule has 3 aliphatic rings. The third kappa shape index (κ3) is 0.895. The largest absolute Gasteiger partial charge is 0.371 e. The van der Waals surface area contributed by atoms with Crippen LogP contribution in [0.4, 0.5) is 5.69 Å². The summed E-state index contributed by atoms with van der Waals surface area (Å²) in [5.41, 5.74) is 8.30. The zero-order valence-electron chi connectivity index (χ0n) is 9.34. The maximum absolute atomic E-state index is 2.64. The molecule has 1 aliphatic carbocycles. The van der Waals surface area contributed by atoms with Gasteiger partial charge < -0.3 is 4.90 Å². The summed E-state index contributed by atoms with van der Waals surface area (Å²) in [6.07, 6.45) is 5.45. The number of aryl methyl sites for hydroxylation is 2. The maximum Gasteiger partial charge on any atom is 0.0440 e. The van der Waals surface area contributed by atoms with E-state index in [1.54, 1.807) is 27.9 Å². The monoisotopic (exact) mass is 199 g/mol. The first kappa shape index (κ1) is 8.20. The summed E-state index contributed by atoms with van der Waals surface area (Å²) < 4.78 is 0. The van der Waals surface area contributed by atoms with Gasteiger partial charge in [0.2, 0.25) is 0 Å². The van der Waals surface area contributed by atoms with Crippen molar-refractivity contribution in [2.24, 2.45) is 0 Å². The number of nitrogens with zero attached hydrogens (tertiary/aromatic N) is 1. The highest BCUT2D eigenvalue weighted by atomic mass is 15.2. The highest BCUT2D eigenvalue weighted by molar-refractivity contribution is 5.71. The molecular weight excluding hydrogens is 182 g/mol. The Balaban J connectivity index is 2.08. The van der Waals surface area contributed by atoms with Crippen molar-refractivity contribution in [3.63, 3.8) is 0 Å². The Bertz CT molecular complexity index is 447. The van der Waals surface area contributed by atoms with Crippen LogP contribution in [0.25, 0.3) is 0 Å². The minimum absolute atomic E-state index is 0.906. The second-order valence-corrected chi connectivity index (χ2v) is 5.35. The SMILES string of the molecule is Cc1cc2c3c4c1CCN4CCC3CC2. The minimum Gasteiger partial charge on any atom is -0.371 e. The van der Waals surface area contributed by atoms with Crippen molar-refractivity contribution in [3.05, 3.63) is 28.3 Å². The van der Waals surface area contributed by atoms with Crippen LogP contribution in [-0.4, -0.2) is 13.1 Å². The second-order valence-electron chi connectivity index (χ2n) is 5.35. The molecule has 1 atom stereocenters. The molecule has 1 aromatic rings. The predicted octanol–water partition coefficient (Wildman–Crippen LogP) is 2.79. The summed E-state index contributed by atoms with van der Waals surface area (Å²) in [6.45, 7) is 4.89. The quantitative estimate of drug-likeness (QED) is 0.621. The Morgan fingerprint density at radius 3 is 3.07 bits per heavy atom. The molecule has 1 nitrogen and oxygen atoms in total. The molecule has 2 aliphatic heterocycles. The van der Waals surface area contributed by atoms with Gasteiger partial charge in [0, 0.05) is 18.8 Å². The van der Waals surface area contributed by atoms with Crippen LogP contribution in [0.15, 0.2) is 6.07 Å². The van der Waals surface area contributed by atoms with Crippen LogP contribution in [0.5, 0.6) is 0 Å². The van der Waals surface area contributed by atoms with Crippen LogP contribution in [0.2, 0.25) is 0 Å². The zero-order valence-corrected chi connectivity index (χ0v) is 9.34. The standard InChI is InChI=1S/C14H17N/c1-9-8-11-3-2-10-4-6-15-7-5-12(9)14(15)13(10)11/h8,10H,2-7H2,1H3. The fourth-order valence-corrected chi connectivity index (χ4v) is 3.92. The number of hydrogen-bond acceptors (Lipinski definition) is 1. The van der Waals surface area contributed by atoms with Crippen LogP contribution in [0.3, 0.4) is 0 Å². The van der Waals surface area contributed by atoms with E-state index in [2.05, 4.69) is 17.9 Å². The van der Waals surface area contributed by atoms with Crippen molar-refractivity contribution in [3.8, 4) is 0 Å². The number of anilines is 1. The molecule has 0 fully saturated rings. The van der Waals surface area contributed by atoms with E-state index in [4.69, 9.17) is 0 Å². The first-order valence-corrected chi connectivity index (χ1v) is 6.25. The molecule has 0 bridgehead atoms. The molecule has 1 aromatic carbocycles. The highest BCUT2D eigenvalue weighted by Gasteiger charge is 2.36. The number of hydrogen-bond donors (Lipinski definition) is 0. The van der Waals surface area contributed by atoms with Gasteiger partial charge in [-0.25, -0.2) is 0 Å². The number of benzene rings is 1. The Morgan fingerprint density at radius 2 is 2.13 bits per heavy atom. The maximum atomic E-state index is 2.64. The first-order valence-electron chi connectivity index (χ1n) is 6.25. The van der Waals surface area contributed by atoms with Gasteiger partial charge in [-0.3, -0.25) is 0 Å². The molecule has 1 unspecified atom stereocenters. The van der Waals surface area contributed by atoms with Crippen LogP contribution < -0.4 is 4.90 Å². The molecule has 0 saturated heterocycles. The van der Waals surface area contributed by atoms with Gasteiger partial charge in [0.25, 0.3) is 0 Å². The van der Waals surface area contributed by atoms with E-state index in [0.717, 1.165) is 5.92 Å². The minimum atomic E-state index is 0.906. The van der Waals surface area contributed by atoms with E-state index in [1.165, 1.54) is 38.8 Å². The average molecular weight is 199 g/mol. The molecule has 2 heterocycles. The lowest BCUT2D eigenvalue weighted by molar-refractivity contribution is 0.585. The average Bonchev–Trinajstić information content (AvgIpc) is 2.79.